The number of aromatic nitrogens is 1. The van der Waals surface area contributed by atoms with Crippen molar-refractivity contribution in [2.75, 3.05) is 26.3 Å². The van der Waals surface area contributed by atoms with E-state index in [4.69, 9.17) is 10.1 Å². The number of pyridine rings is 1. The van der Waals surface area contributed by atoms with Gasteiger partial charge >= 0.3 is 0 Å². The topological polar surface area (TPSA) is 58.3 Å². The fraction of sp³-hybridized carbons (Fsp3) is 0.455. The van der Waals surface area contributed by atoms with Crippen LogP contribution in [0.25, 0.3) is 0 Å². The van der Waals surface area contributed by atoms with Crippen LogP contribution in [0.5, 0.6) is 0 Å². The average molecular weight is 221 g/mol. The van der Waals surface area contributed by atoms with Crippen LogP contribution in [0, 0.1) is 5.41 Å². The highest BCUT2D eigenvalue weighted by Gasteiger charge is 2.16. The number of carbonyl (C=O) groups excluding carboxylic acids is 1. The summed E-state index contributed by atoms with van der Waals surface area (Å²) in [5, 5.41) is 7.80. The molecule has 1 saturated heterocycles. The normalized spacial score (nSPS) is 16.1. The third kappa shape index (κ3) is 2.70. The van der Waals surface area contributed by atoms with Gasteiger partial charge in [0.05, 0.1) is 18.6 Å². The van der Waals surface area contributed by atoms with Gasteiger partial charge in [0, 0.05) is 25.5 Å². The average Bonchev–Trinajstić information content (AvgIpc) is 2.33. The van der Waals surface area contributed by atoms with Crippen molar-refractivity contribution in [1.29, 1.82) is 5.41 Å². The number of hydrogen-bond acceptors (Lipinski definition) is 3. The molecule has 1 aliphatic heterocycles. The lowest BCUT2D eigenvalue weighted by molar-refractivity contribution is -0.135. The zero-order valence-corrected chi connectivity index (χ0v) is 9.06. The fourth-order valence-electron chi connectivity index (χ4n) is 1.63. The van der Waals surface area contributed by atoms with Crippen LogP contribution in [0.3, 0.4) is 0 Å². The van der Waals surface area contributed by atoms with Crippen molar-refractivity contribution in [2.45, 2.75) is 6.54 Å². The maximum Gasteiger partial charge on any atom is 0.242 e. The summed E-state index contributed by atoms with van der Waals surface area (Å²) in [5.74, 6) is 0.103. The smallest absolute Gasteiger partial charge is 0.242 e. The summed E-state index contributed by atoms with van der Waals surface area (Å²) >= 11 is 0. The molecule has 5 nitrogen and oxygen atoms in total. The molecule has 1 amide bonds. The molecule has 0 radical (unpaired) electrons. The second-order valence-corrected chi connectivity index (χ2v) is 3.75. The van der Waals surface area contributed by atoms with Gasteiger partial charge in [-0.05, 0) is 12.1 Å². The highest BCUT2D eigenvalue weighted by molar-refractivity contribution is 5.76. The third-order valence-corrected chi connectivity index (χ3v) is 2.57. The molecule has 1 fully saturated rings. The van der Waals surface area contributed by atoms with Crippen LogP contribution in [-0.4, -0.2) is 41.7 Å². The summed E-state index contributed by atoms with van der Waals surface area (Å²) in [5.41, 5.74) is 0. The maximum absolute atomic E-state index is 11.9. The molecule has 16 heavy (non-hydrogen) atoms. The molecule has 1 N–H and O–H groups in total. The highest BCUT2D eigenvalue weighted by Crippen LogP contribution is 1.99. The molecule has 86 valence electrons. The van der Waals surface area contributed by atoms with Crippen molar-refractivity contribution in [3.05, 3.63) is 29.9 Å². The van der Waals surface area contributed by atoms with Crippen LogP contribution >= 0.6 is 0 Å². The van der Waals surface area contributed by atoms with E-state index in [2.05, 4.69) is 0 Å². The van der Waals surface area contributed by atoms with Crippen molar-refractivity contribution in [3.63, 3.8) is 0 Å². The Morgan fingerprint density at radius 3 is 2.56 bits per heavy atom. The second kappa shape index (κ2) is 4.94. The van der Waals surface area contributed by atoms with E-state index in [1.807, 2.05) is 4.90 Å². The van der Waals surface area contributed by atoms with E-state index in [0.717, 1.165) is 0 Å². The van der Waals surface area contributed by atoms with E-state index < -0.39 is 0 Å². The first-order valence-electron chi connectivity index (χ1n) is 5.32. The van der Waals surface area contributed by atoms with Crippen molar-refractivity contribution < 1.29 is 9.53 Å². The largest absolute Gasteiger partial charge is 0.378 e. The summed E-state index contributed by atoms with van der Waals surface area (Å²) < 4.78 is 6.98. The minimum absolute atomic E-state index is 0.103. The van der Waals surface area contributed by atoms with Crippen LogP contribution in [-0.2, 0) is 16.1 Å². The maximum atomic E-state index is 11.9. The Bertz CT molecular complexity index is 401. The van der Waals surface area contributed by atoms with E-state index >= 15 is 0 Å². The van der Waals surface area contributed by atoms with Gasteiger partial charge in [0.15, 0.2) is 0 Å². The van der Waals surface area contributed by atoms with Crippen LogP contribution in [0.2, 0.25) is 0 Å². The molecule has 1 aromatic rings. The van der Waals surface area contributed by atoms with Crippen molar-refractivity contribution in [1.82, 2.24) is 9.47 Å². The predicted octanol–water partition coefficient (Wildman–Crippen LogP) is -0.174. The number of hydrogen-bond donors (Lipinski definition) is 1. The van der Waals surface area contributed by atoms with Crippen LogP contribution in [0.15, 0.2) is 24.5 Å². The van der Waals surface area contributed by atoms with Gasteiger partial charge in [0.2, 0.25) is 5.91 Å². The Balaban J connectivity index is 1.95. The van der Waals surface area contributed by atoms with E-state index in [9.17, 15) is 4.79 Å². The first kappa shape index (κ1) is 10.9. The summed E-state index contributed by atoms with van der Waals surface area (Å²) in [6.07, 6.45) is 3.50. The number of nitrogens with zero attached hydrogens (tertiary/aromatic N) is 2. The van der Waals surface area contributed by atoms with Crippen molar-refractivity contribution >= 4 is 5.91 Å². The molecule has 1 aromatic heterocycles. The van der Waals surface area contributed by atoms with Gasteiger partial charge in [-0.3, -0.25) is 4.79 Å². The van der Waals surface area contributed by atoms with Gasteiger partial charge in [0.1, 0.15) is 6.54 Å². The van der Waals surface area contributed by atoms with Gasteiger partial charge in [-0.25, -0.2) is 0 Å². The minimum Gasteiger partial charge on any atom is -0.378 e. The van der Waals surface area contributed by atoms with Gasteiger partial charge in [0.25, 0.3) is 0 Å². The first-order valence-corrected chi connectivity index (χ1v) is 5.32. The minimum atomic E-state index is 0.103. The van der Waals surface area contributed by atoms with Gasteiger partial charge in [-0.15, -0.1) is 0 Å². The molecule has 5 heteroatoms. The highest BCUT2D eigenvalue weighted by atomic mass is 16.5. The number of carbonyl (C=O) groups is 1. The SMILES string of the molecule is N=c1ccn(CC(=O)N2CCOCC2)cc1. The Labute approximate surface area is 93.8 Å². The molecule has 0 saturated carbocycles. The molecule has 0 unspecified atom stereocenters. The summed E-state index contributed by atoms with van der Waals surface area (Å²) in [7, 11) is 0. The molecule has 0 bridgehead atoms. The lowest BCUT2D eigenvalue weighted by Crippen LogP contribution is -2.42. The van der Waals surface area contributed by atoms with Crippen LogP contribution in [0.4, 0.5) is 0 Å². The predicted molar refractivity (Wildman–Crippen MR) is 57.7 cm³/mol. The number of nitrogens with one attached hydrogen (secondary N) is 1. The quantitative estimate of drug-likeness (QED) is 0.753. The van der Waals surface area contributed by atoms with Gasteiger partial charge in [-0.2, -0.15) is 0 Å². The summed E-state index contributed by atoms with van der Waals surface area (Å²) in [4.78, 5) is 13.7. The molecule has 0 spiro atoms. The Morgan fingerprint density at radius 2 is 1.94 bits per heavy atom. The van der Waals surface area contributed by atoms with Gasteiger partial charge < -0.3 is 19.6 Å². The van der Waals surface area contributed by atoms with E-state index in [0.29, 0.717) is 38.2 Å². The zero-order chi connectivity index (χ0) is 11.4. The Hall–Kier alpha value is -1.62. The molecular weight excluding hydrogens is 206 g/mol. The van der Waals surface area contributed by atoms with Crippen molar-refractivity contribution in [2.24, 2.45) is 0 Å². The third-order valence-electron chi connectivity index (χ3n) is 2.57. The van der Waals surface area contributed by atoms with Crippen molar-refractivity contribution in [3.8, 4) is 0 Å². The number of ether oxygens (including phenoxy) is 1. The molecule has 0 aliphatic carbocycles. The summed E-state index contributed by atoms with van der Waals surface area (Å²) in [6.45, 7) is 2.94. The van der Waals surface area contributed by atoms with Gasteiger partial charge in [-0.1, -0.05) is 0 Å². The van der Waals surface area contributed by atoms with E-state index in [-0.39, 0.29) is 5.91 Å². The van der Waals surface area contributed by atoms with E-state index in [1.54, 1.807) is 29.1 Å². The number of amides is 1. The number of rotatable bonds is 2. The molecule has 1 aliphatic rings. The Morgan fingerprint density at radius 1 is 1.31 bits per heavy atom. The van der Waals surface area contributed by atoms with E-state index in [1.165, 1.54) is 0 Å². The second-order valence-electron chi connectivity index (χ2n) is 3.75. The van der Waals surface area contributed by atoms with Crippen LogP contribution in [0.1, 0.15) is 0 Å². The standard InChI is InChI=1S/C11H15N3O2/c12-10-1-3-13(4-2-10)9-11(15)14-5-7-16-8-6-14/h1-4,12H,5-9H2. The lowest BCUT2D eigenvalue weighted by atomic mass is 10.4. The first-order chi connectivity index (χ1) is 7.75. The summed E-state index contributed by atoms with van der Waals surface area (Å²) in [6, 6.07) is 3.35. The Kier molecular flexibility index (Phi) is 3.36. The molecule has 2 rings (SSSR count). The molecule has 0 atom stereocenters. The zero-order valence-electron chi connectivity index (χ0n) is 9.06. The van der Waals surface area contributed by atoms with Crippen LogP contribution < -0.4 is 5.36 Å². The molecule has 2 heterocycles. The lowest BCUT2D eigenvalue weighted by Gasteiger charge is -2.27. The molecule has 0 aromatic carbocycles. The monoisotopic (exact) mass is 221 g/mol. The number of morpholine rings is 1. The molecular formula is C11H15N3O2. The fourth-order valence-corrected chi connectivity index (χ4v) is 1.63.